The average Bonchev–Trinajstić information content (AvgIpc) is 2.61. The Morgan fingerprint density at radius 1 is 0.708 bits per heavy atom. The smallest absolute Gasteiger partial charge is 0.119 e. The van der Waals surface area contributed by atoms with Gasteiger partial charge in [0, 0.05) is 6.61 Å². The normalized spacial score (nSPS) is 10.9. The van der Waals surface area contributed by atoms with Crippen LogP contribution in [0.3, 0.4) is 0 Å². The lowest BCUT2D eigenvalue weighted by molar-refractivity contribution is 0.253. The molecule has 0 amide bonds. The lowest BCUT2D eigenvalue weighted by Crippen LogP contribution is -1.99. The summed E-state index contributed by atoms with van der Waals surface area (Å²) in [4.78, 5) is 0. The second-order valence-electron chi connectivity index (χ2n) is 6.21. The molecule has 0 unspecified atom stereocenters. The maximum atomic E-state index is 8.78. The zero-order chi connectivity index (χ0) is 17.0. The van der Waals surface area contributed by atoms with Gasteiger partial charge in [-0.25, -0.2) is 0 Å². The molecule has 24 heavy (non-hydrogen) atoms. The summed E-state index contributed by atoms with van der Waals surface area (Å²) in [5, 5.41) is 11.1. The van der Waals surface area contributed by atoms with Crippen molar-refractivity contribution in [1.29, 1.82) is 0 Å². The molecule has 0 atom stereocenters. The van der Waals surface area contributed by atoms with Gasteiger partial charge in [-0.15, -0.1) is 0 Å². The number of aliphatic hydroxyl groups excluding tert-OH is 1. The minimum absolute atomic E-state index is 0.225. The standard InChI is InChI=1S/C21H30O3/c1-2-3-4-5-7-14-23-20-11-9-19-17-21(12-10-18(19)16-20)24-15-8-6-13-22/h9-12,16-17,22H,2-8,13-15H2,1H3. The van der Waals surface area contributed by atoms with Crippen LogP contribution in [0.25, 0.3) is 10.8 Å². The molecule has 1 N–H and O–H groups in total. The van der Waals surface area contributed by atoms with E-state index in [4.69, 9.17) is 14.6 Å². The van der Waals surface area contributed by atoms with Crippen LogP contribution in [0.2, 0.25) is 0 Å². The number of ether oxygens (including phenoxy) is 2. The van der Waals surface area contributed by atoms with E-state index in [0.29, 0.717) is 6.61 Å². The molecule has 0 aromatic heterocycles. The van der Waals surface area contributed by atoms with Crippen LogP contribution in [0.4, 0.5) is 0 Å². The summed E-state index contributed by atoms with van der Waals surface area (Å²) in [5.74, 6) is 1.82. The van der Waals surface area contributed by atoms with Crippen LogP contribution in [0, 0.1) is 0 Å². The van der Waals surface area contributed by atoms with Crippen LogP contribution in [0.5, 0.6) is 11.5 Å². The molecule has 0 radical (unpaired) electrons. The second kappa shape index (κ2) is 10.9. The molecule has 0 saturated heterocycles. The van der Waals surface area contributed by atoms with Gasteiger partial charge in [-0.3, -0.25) is 0 Å². The van der Waals surface area contributed by atoms with Crippen LogP contribution in [0.15, 0.2) is 36.4 Å². The molecule has 0 fully saturated rings. The molecule has 0 aliphatic rings. The molecule has 3 nitrogen and oxygen atoms in total. The van der Waals surface area contributed by atoms with E-state index in [1.807, 2.05) is 12.1 Å². The van der Waals surface area contributed by atoms with Crippen molar-refractivity contribution in [2.75, 3.05) is 19.8 Å². The summed E-state index contributed by atoms with van der Waals surface area (Å²) in [6.07, 6.45) is 7.93. The van der Waals surface area contributed by atoms with Gasteiger partial charge in [-0.2, -0.15) is 0 Å². The van der Waals surface area contributed by atoms with Gasteiger partial charge in [-0.05, 0) is 54.3 Å². The van der Waals surface area contributed by atoms with Crippen molar-refractivity contribution in [3.63, 3.8) is 0 Å². The van der Waals surface area contributed by atoms with Crippen LogP contribution < -0.4 is 9.47 Å². The molecule has 0 aliphatic heterocycles. The van der Waals surface area contributed by atoms with Crippen molar-refractivity contribution in [1.82, 2.24) is 0 Å². The van der Waals surface area contributed by atoms with Crippen LogP contribution in [0.1, 0.15) is 51.9 Å². The third-order valence-electron chi connectivity index (χ3n) is 4.12. The van der Waals surface area contributed by atoms with Crippen molar-refractivity contribution in [2.24, 2.45) is 0 Å². The molecule has 3 heteroatoms. The molecule has 0 saturated carbocycles. The first-order valence-corrected chi connectivity index (χ1v) is 9.24. The Labute approximate surface area is 145 Å². The zero-order valence-corrected chi connectivity index (χ0v) is 14.8. The van der Waals surface area contributed by atoms with E-state index in [9.17, 15) is 0 Å². The van der Waals surface area contributed by atoms with Gasteiger partial charge in [-0.1, -0.05) is 44.7 Å². The van der Waals surface area contributed by atoms with E-state index in [2.05, 4.69) is 31.2 Å². The molecular formula is C21H30O3. The Kier molecular flexibility index (Phi) is 8.47. The topological polar surface area (TPSA) is 38.7 Å². The highest BCUT2D eigenvalue weighted by molar-refractivity contribution is 5.85. The third-order valence-corrected chi connectivity index (χ3v) is 4.12. The van der Waals surface area contributed by atoms with Crippen LogP contribution >= 0.6 is 0 Å². The maximum absolute atomic E-state index is 8.78. The predicted octanol–water partition coefficient (Wildman–Crippen LogP) is 5.34. The van der Waals surface area contributed by atoms with Gasteiger partial charge in [0.15, 0.2) is 0 Å². The molecule has 2 aromatic rings. The lowest BCUT2D eigenvalue weighted by Gasteiger charge is -2.09. The van der Waals surface area contributed by atoms with E-state index in [-0.39, 0.29) is 6.61 Å². The fourth-order valence-corrected chi connectivity index (χ4v) is 2.68. The van der Waals surface area contributed by atoms with Gasteiger partial charge >= 0.3 is 0 Å². The SMILES string of the molecule is CCCCCCCOc1ccc2cc(OCCCCO)ccc2c1. The van der Waals surface area contributed by atoms with E-state index in [0.717, 1.165) is 42.8 Å². The first kappa shape index (κ1) is 18.6. The Bertz CT molecular complexity index is 595. The van der Waals surface area contributed by atoms with Crippen molar-refractivity contribution in [3.8, 4) is 11.5 Å². The van der Waals surface area contributed by atoms with Gasteiger partial charge in [0.2, 0.25) is 0 Å². The molecule has 0 heterocycles. The van der Waals surface area contributed by atoms with E-state index < -0.39 is 0 Å². The number of benzene rings is 2. The highest BCUT2D eigenvalue weighted by Gasteiger charge is 2.01. The molecule has 132 valence electrons. The van der Waals surface area contributed by atoms with Crippen LogP contribution in [-0.2, 0) is 0 Å². The molecular weight excluding hydrogens is 300 g/mol. The van der Waals surface area contributed by atoms with Gasteiger partial charge in [0.25, 0.3) is 0 Å². The molecule has 0 bridgehead atoms. The van der Waals surface area contributed by atoms with Gasteiger partial charge < -0.3 is 14.6 Å². The minimum Gasteiger partial charge on any atom is -0.494 e. The number of hydrogen-bond donors (Lipinski definition) is 1. The minimum atomic E-state index is 0.225. The summed E-state index contributed by atoms with van der Waals surface area (Å²) in [6.45, 7) is 3.90. The summed E-state index contributed by atoms with van der Waals surface area (Å²) in [7, 11) is 0. The number of unbranched alkanes of at least 4 members (excludes halogenated alkanes) is 5. The highest BCUT2D eigenvalue weighted by Crippen LogP contribution is 2.25. The maximum Gasteiger partial charge on any atom is 0.119 e. The van der Waals surface area contributed by atoms with E-state index >= 15 is 0 Å². The number of hydrogen-bond acceptors (Lipinski definition) is 3. The van der Waals surface area contributed by atoms with E-state index in [1.165, 1.54) is 31.1 Å². The molecule has 0 aliphatic carbocycles. The van der Waals surface area contributed by atoms with Crippen molar-refractivity contribution in [2.45, 2.75) is 51.9 Å². The largest absolute Gasteiger partial charge is 0.494 e. The van der Waals surface area contributed by atoms with Crippen molar-refractivity contribution >= 4 is 10.8 Å². The second-order valence-corrected chi connectivity index (χ2v) is 6.21. The number of fused-ring (bicyclic) bond motifs is 1. The number of rotatable bonds is 12. The fraction of sp³-hybridized carbons (Fsp3) is 0.524. The van der Waals surface area contributed by atoms with Crippen molar-refractivity contribution < 1.29 is 14.6 Å². The Morgan fingerprint density at radius 2 is 1.25 bits per heavy atom. The first-order valence-electron chi connectivity index (χ1n) is 9.24. The summed E-state index contributed by atoms with van der Waals surface area (Å²) in [5.41, 5.74) is 0. The predicted molar refractivity (Wildman–Crippen MR) is 100 cm³/mol. The lowest BCUT2D eigenvalue weighted by atomic mass is 10.1. The Hall–Kier alpha value is -1.74. The monoisotopic (exact) mass is 330 g/mol. The van der Waals surface area contributed by atoms with E-state index in [1.54, 1.807) is 0 Å². The highest BCUT2D eigenvalue weighted by atomic mass is 16.5. The summed E-state index contributed by atoms with van der Waals surface area (Å²) < 4.78 is 11.6. The Morgan fingerprint density at radius 3 is 1.79 bits per heavy atom. The molecule has 2 rings (SSSR count). The average molecular weight is 330 g/mol. The quantitative estimate of drug-likeness (QED) is 0.534. The fourth-order valence-electron chi connectivity index (χ4n) is 2.68. The zero-order valence-electron chi connectivity index (χ0n) is 14.8. The number of aliphatic hydroxyl groups is 1. The summed E-state index contributed by atoms with van der Waals surface area (Å²) >= 11 is 0. The molecule has 0 spiro atoms. The summed E-state index contributed by atoms with van der Waals surface area (Å²) in [6, 6.07) is 12.3. The third kappa shape index (κ3) is 6.40. The molecule has 2 aromatic carbocycles. The first-order chi connectivity index (χ1) is 11.8. The Balaban J connectivity index is 1.82. The van der Waals surface area contributed by atoms with Gasteiger partial charge in [0.1, 0.15) is 11.5 Å². The van der Waals surface area contributed by atoms with Crippen molar-refractivity contribution in [3.05, 3.63) is 36.4 Å². The van der Waals surface area contributed by atoms with Gasteiger partial charge in [0.05, 0.1) is 13.2 Å². The van der Waals surface area contributed by atoms with Crippen LogP contribution in [-0.4, -0.2) is 24.9 Å².